The quantitative estimate of drug-likeness (QED) is 0.454. The van der Waals surface area contributed by atoms with Gasteiger partial charge in [0.15, 0.2) is 0 Å². The number of carbonyl (C=O) groups excluding carboxylic acids is 2. The molecule has 0 unspecified atom stereocenters. The molecule has 0 fully saturated rings. The van der Waals surface area contributed by atoms with Crippen LogP contribution in [0.5, 0.6) is 0 Å². The molecule has 0 saturated heterocycles. The summed E-state index contributed by atoms with van der Waals surface area (Å²) in [4.78, 5) is 22.6. The number of hydrogen-bond donors (Lipinski definition) is 2. The van der Waals surface area contributed by atoms with Gasteiger partial charge >= 0.3 is 121 Å². The normalized spacial score (nSPS) is 12.6. The molecule has 0 rings (SSSR count). The fourth-order valence-electron chi connectivity index (χ4n) is 0.938. The Bertz CT molecular complexity index is 422. The van der Waals surface area contributed by atoms with E-state index in [0.29, 0.717) is 0 Å². The third-order valence-corrected chi connectivity index (χ3v) is 2.07. The Kier molecular flexibility index (Phi) is 7.18. The van der Waals surface area contributed by atoms with Crippen molar-refractivity contribution in [2.75, 3.05) is 7.11 Å². The third-order valence-electron chi connectivity index (χ3n) is 1.64. The van der Waals surface area contributed by atoms with E-state index in [-0.39, 0.29) is 11.3 Å². The molecule has 0 radical (unpaired) electrons. The van der Waals surface area contributed by atoms with Crippen LogP contribution in [0.15, 0.2) is 23.5 Å². The van der Waals surface area contributed by atoms with Gasteiger partial charge in [-0.1, -0.05) is 0 Å². The van der Waals surface area contributed by atoms with Crippen LogP contribution in [0.1, 0.15) is 20.8 Å². The van der Waals surface area contributed by atoms with E-state index in [1.165, 1.54) is 24.1 Å². The van der Waals surface area contributed by atoms with Gasteiger partial charge in [0.2, 0.25) is 0 Å². The molecule has 1 amide bonds. The molecule has 7 heteroatoms. The number of amides is 1. The zero-order valence-corrected chi connectivity index (χ0v) is 12.8. The summed E-state index contributed by atoms with van der Waals surface area (Å²) in [5, 5.41) is 2.36. The SMILES string of the molecule is COC(=O)/C([CH]=[V])=C/C(N)=CNC(=O)OC(C)(C)C. The minimum absolute atomic E-state index is 0.188. The molecule has 0 aromatic rings. The van der Waals surface area contributed by atoms with Gasteiger partial charge in [0.1, 0.15) is 0 Å². The molecule has 0 spiro atoms. The molecular weight excluding hydrogens is 287 g/mol. The molecule has 0 bridgehead atoms. The first-order chi connectivity index (χ1) is 8.69. The Hall–Kier alpha value is -1.53. The number of nitrogens with one attached hydrogen (secondary N) is 1. The first-order valence-electron chi connectivity index (χ1n) is 5.42. The summed E-state index contributed by atoms with van der Waals surface area (Å²) >= 11 is 2.12. The predicted octanol–water partition coefficient (Wildman–Crippen LogP) is 0.760. The van der Waals surface area contributed by atoms with Crippen LogP contribution in [-0.2, 0) is 31.2 Å². The zero-order valence-electron chi connectivity index (χ0n) is 11.4. The molecule has 6 nitrogen and oxygen atoms in total. The standard InChI is InChI=1S/C12H18N2O4.V/c1-8(10(15)17-5)6-9(13)7-14-11(16)18-12(2,3)4;/h1,6-7H,13H2,2-5H3,(H,14,16);/b8-6+,9-7?;. The molecule has 0 aliphatic carbocycles. The number of methoxy groups -OCH3 is 1. The third kappa shape index (κ3) is 8.23. The topological polar surface area (TPSA) is 90.6 Å². The van der Waals surface area contributed by atoms with Gasteiger partial charge in [0.05, 0.1) is 0 Å². The fraction of sp³-hybridized carbons (Fsp3) is 0.417. The van der Waals surface area contributed by atoms with Crippen LogP contribution in [0.3, 0.4) is 0 Å². The Balaban J connectivity index is 4.66. The van der Waals surface area contributed by atoms with Crippen molar-refractivity contribution in [3.63, 3.8) is 0 Å². The average Bonchev–Trinajstić information content (AvgIpc) is 2.30. The van der Waals surface area contributed by atoms with Gasteiger partial charge in [0.25, 0.3) is 0 Å². The molecule has 0 aromatic heterocycles. The molecule has 0 aliphatic heterocycles. The van der Waals surface area contributed by atoms with Crippen molar-refractivity contribution in [1.29, 1.82) is 0 Å². The summed E-state index contributed by atoms with van der Waals surface area (Å²) in [6, 6.07) is 0. The summed E-state index contributed by atoms with van der Waals surface area (Å²) < 4.78 is 11.1. The van der Waals surface area contributed by atoms with E-state index in [1.807, 2.05) is 0 Å². The van der Waals surface area contributed by atoms with E-state index in [2.05, 4.69) is 27.0 Å². The van der Waals surface area contributed by atoms with Gasteiger partial charge in [-0.2, -0.15) is 0 Å². The number of alkyl carbamates (subject to hydrolysis) is 1. The van der Waals surface area contributed by atoms with Crippen molar-refractivity contribution in [2.24, 2.45) is 5.73 Å². The second kappa shape index (κ2) is 7.81. The second-order valence-corrected chi connectivity index (χ2v) is 4.91. The van der Waals surface area contributed by atoms with Crippen molar-refractivity contribution in [2.45, 2.75) is 26.4 Å². The molecule has 0 aromatic carbocycles. The van der Waals surface area contributed by atoms with Crippen molar-refractivity contribution in [3.05, 3.63) is 23.5 Å². The van der Waals surface area contributed by atoms with Crippen molar-refractivity contribution < 1.29 is 36.0 Å². The molecule has 0 heterocycles. The number of esters is 1. The Morgan fingerprint density at radius 3 is 2.32 bits per heavy atom. The molecule has 105 valence electrons. The minimum atomic E-state index is -0.625. The number of hydrogen-bond acceptors (Lipinski definition) is 5. The summed E-state index contributed by atoms with van der Waals surface area (Å²) in [5.74, 6) is -0.519. The number of rotatable bonds is 4. The monoisotopic (exact) mass is 305 g/mol. The predicted molar refractivity (Wildman–Crippen MR) is 67.8 cm³/mol. The van der Waals surface area contributed by atoms with Gasteiger partial charge in [0, 0.05) is 0 Å². The first kappa shape index (κ1) is 17.5. The van der Waals surface area contributed by atoms with Crippen LogP contribution in [0.2, 0.25) is 0 Å². The molecule has 3 N–H and O–H groups in total. The summed E-state index contributed by atoms with van der Waals surface area (Å²) in [6.07, 6.45) is 1.99. The van der Waals surface area contributed by atoms with Crippen molar-refractivity contribution >= 4 is 16.8 Å². The van der Waals surface area contributed by atoms with Gasteiger partial charge in [-0.25, -0.2) is 0 Å². The van der Waals surface area contributed by atoms with E-state index < -0.39 is 17.7 Å². The van der Waals surface area contributed by atoms with Crippen LogP contribution in [0, 0.1) is 0 Å². The van der Waals surface area contributed by atoms with E-state index >= 15 is 0 Å². The van der Waals surface area contributed by atoms with E-state index in [1.54, 1.807) is 20.8 Å². The Morgan fingerprint density at radius 2 is 1.89 bits per heavy atom. The number of ether oxygens (including phenoxy) is 2. The number of carbonyl (C=O) groups is 2. The summed E-state index contributed by atoms with van der Waals surface area (Å²) in [5.41, 5.74) is 5.50. The average molecular weight is 305 g/mol. The Labute approximate surface area is 121 Å². The zero-order chi connectivity index (χ0) is 15.1. The molecule has 19 heavy (non-hydrogen) atoms. The second-order valence-electron chi connectivity index (χ2n) is 4.51. The van der Waals surface area contributed by atoms with E-state index in [9.17, 15) is 9.59 Å². The maximum absolute atomic E-state index is 11.4. The molecule has 0 atom stereocenters. The molecule has 0 aliphatic rings. The van der Waals surface area contributed by atoms with Gasteiger partial charge in [-0.3, -0.25) is 0 Å². The Morgan fingerprint density at radius 1 is 1.32 bits per heavy atom. The number of nitrogens with two attached hydrogens (primary N) is 1. The van der Waals surface area contributed by atoms with Crippen LogP contribution in [-0.4, -0.2) is 29.5 Å². The van der Waals surface area contributed by atoms with Crippen LogP contribution in [0.4, 0.5) is 4.79 Å². The van der Waals surface area contributed by atoms with Crippen LogP contribution < -0.4 is 11.1 Å². The van der Waals surface area contributed by atoms with E-state index in [0.717, 1.165) is 0 Å². The fourth-order valence-corrected chi connectivity index (χ4v) is 1.22. The van der Waals surface area contributed by atoms with Gasteiger partial charge in [-0.05, 0) is 0 Å². The maximum atomic E-state index is 11.4. The molecule has 0 saturated carbocycles. The number of allylic oxidation sites excluding steroid dienone is 1. The van der Waals surface area contributed by atoms with Gasteiger partial charge in [-0.15, -0.1) is 0 Å². The van der Waals surface area contributed by atoms with Crippen molar-refractivity contribution in [3.8, 4) is 0 Å². The van der Waals surface area contributed by atoms with Crippen molar-refractivity contribution in [1.82, 2.24) is 5.32 Å². The first-order valence-corrected chi connectivity index (χ1v) is 6.23. The summed E-state index contributed by atoms with van der Waals surface area (Å²) in [6.45, 7) is 5.25. The summed E-state index contributed by atoms with van der Waals surface area (Å²) in [7, 11) is 1.27. The molecular formula is C12H18N2O4V. The van der Waals surface area contributed by atoms with Crippen LogP contribution in [0.25, 0.3) is 0 Å². The van der Waals surface area contributed by atoms with Gasteiger partial charge < -0.3 is 0 Å². The van der Waals surface area contributed by atoms with E-state index in [4.69, 9.17) is 10.5 Å². The van der Waals surface area contributed by atoms with Crippen LogP contribution >= 0.6 is 0 Å².